The highest BCUT2D eigenvalue weighted by Gasteiger charge is 2.46. The molecule has 0 spiro atoms. The van der Waals surface area contributed by atoms with Gasteiger partial charge in [0.25, 0.3) is 0 Å². The second kappa shape index (κ2) is 17.7. The maximum Gasteiger partial charge on any atom is 0.204 e. The van der Waals surface area contributed by atoms with Crippen LogP contribution in [0.25, 0.3) is 0 Å². The Morgan fingerprint density at radius 3 is 1.41 bits per heavy atom. The highest BCUT2D eigenvalue weighted by atomic mass is 28.3. The molecule has 0 aromatic heterocycles. The van der Waals surface area contributed by atoms with E-state index in [1.807, 2.05) is 0 Å². The van der Waals surface area contributed by atoms with Gasteiger partial charge in [-0.3, -0.25) is 4.90 Å². The van der Waals surface area contributed by atoms with Crippen molar-refractivity contribution in [1.82, 2.24) is 4.90 Å². The van der Waals surface area contributed by atoms with Gasteiger partial charge < -0.3 is 14.2 Å². The molecular formula is C39H47NO3Si. The van der Waals surface area contributed by atoms with Crippen LogP contribution in [0.3, 0.4) is 0 Å². The molecule has 4 aromatic rings. The minimum atomic E-state index is -2.39. The molecule has 0 aliphatic carbocycles. The quantitative estimate of drug-likeness (QED) is 0.0847. The number of hydrogen-bond acceptors (Lipinski definition) is 4. The molecule has 0 saturated heterocycles. The lowest BCUT2D eigenvalue weighted by Gasteiger charge is -2.39. The van der Waals surface area contributed by atoms with E-state index in [1.54, 1.807) is 0 Å². The molecule has 4 aromatic carbocycles. The zero-order chi connectivity index (χ0) is 30.9. The lowest BCUT2D eigenvalue weighted by Crippen LogP contribution is -2.63. The molecule has 0 heterocycles. The van der Waals surface area contributed by atoms with Crippen molar-refractivity contribution in [1.29, 1.82) is 0 Å². The van der Waals surface area contributed by atoms with E-state index in [2.05, 4.69) is 158 Å². The molecule has 0 aliphatic rings. The van der Waals surface area contributed by atoms with Gasteiger partial charge in [0.15, 0.2) is 0 Å². The van der Waals surface area contributed by atoms with E-state index in [4.69, 9.17) is 14.2 Å². The summed E-state index contributed by atoms with van der Waals surface area (Å²) in [6, 6.07) is 42.8. The molecule has 0 aliphatic heterocycles. The minimum absolute atomic E-state index is 0.00589. The number of ether oxygens (including phenoxy) is 3. The Morgan fingerprint density at radius 2 is 0.955 bits per heavy atom. The molecule has 230 valence electrons. The molecule has 0 atom stereocenters. The maximum absolute atomic E-state index is 5.91. The summed E-state index contributed by atoms with van der Waals surface area (Å²) in [6.07, 6.45) is 0. The second-order valence-corrected chi connectivity index (χ2v) is 16.4. The molecular weight excluding hydrogens is 559 g/mol. The van der Waals surface area contributed by atoms with E-state index in [0.29, 0.717) is 39.6 Å². The van der Waals surface area contributed by atoms with Crippen LogP contribution in [0.15, 0.2) is 121 Å². The third-order valence-corrected chi connectivity index (χ3v) is 13.0. The molecule has 0 radical (unpaired) electrons. The van der Waals surface area contributed by atoms with Gasteiger partial charge in [0.2, 0.25) is 8.07 Å². The molecule has 5 heteroatoms. The van der Waals surface area contributed by atoms with Crippen molar-refractivity contribution in [2.75, 3.05) is 46.2 Å². The van der Waals surface area contributed by atoms with E-state index >= 15 is 0 Å². The smallest absolute Gasteiger partial charge is 0.204 e. The van der Waals surface area contributed by atoms with Crippen LogP contribution in [0, 0.1) is 11.5 Å². The summed E-state index contributed by atoms with van der Waals surface area (Å²) in [5, 5.41) is 2.67. The minimum Gasteiger partial charge on any atom is -0.378 e. The molecule has 0 unspecified atom stereocenters. The fourth-order valence-corrected chi connectivity index (χ4v) is 10.0. The van der Waals surface area contributed by atoms with E-state index in [9.17, 15) is 0 Å². The molecule has 0 amide bonds. The first-order valence-electron chi connectivity index (χ1n) is 15.6. The summed E-state index contributed by atoms with van der Waals surface area (Å²) in [5.41, 5.74) is 6.39. The summed E-state index contributed by atoms with van der Waals surface area (Å²) >= 11 is 0. The predicted octanol–water partition coefficient (Wildman–Crippen LogP) is 6.34. The normalized spacial score (nSPS) is 11.7. The number of hydrogen-bond donors (Lipinski definition) is 0. The van der Waals surface area contributed by atoms with Crippen molar-refractivity contribution in [2.24, 2.45) is 0 Å². The molecule has 0 fully saturated rings. The van der Waals surface area contributed by atoms with Crippen LogP contribution in [0.2, 0.25) is 5.04 Å². The van der Waals surface area contributed by atoms with Crippen molar-refractivity contribution in [3.63, 3.8) is 0 Å². The van der Waals surface area contributed by atoms with Gasteiger partial charge in [0, 0.05) is 19.6 Å². The maximum atomic E-state index is 5.91. The van der Waals surface area contributed by atoms with Gasteiger partial charge in [-0.15, -0.1) is 5.54 Å². The Hall–Kier alpha value is -3.50. The van der Waals surface area contributed by atoms with Gasteiger partial charge in [-0.25, -0.2) is 0 Å². The van der Waals surface area contributed by atoms with Gasteiger partial charge in [-0.2, -0.15) is 0 Å². The Labute approximate surface area is 266 Å². The topological polar surface area (TPSA) is 30.9 Å². The summed E-state index contributed by atoms with van der Waals surface area (Å²) < 4.78 is 17.5. The van der Waals surface area contributed by atoms with E-state index in [0.717, 1.165) is 19.6 Å². The van der Waals surface area contributed by atoms with Crippen molar-refractivity contribution in [3.05, 3.63) is 132 Å². The van der Waals surface area contributed by atoms with Gasteiger partial charge in [-0.05, 0) is 26.5 Å². The van der Waals surface area contributed by atoms with Crippen LogP contribution >= 0.6 is 0 Å². The third-order valence-electron chi connectivity index (χ3n) is 7.78. The van der Waals surface area contributed by atoms with E-state index in [-0.39, 0.29) is 5.04 Å². The molecule has 0 saturated carbocycles. The molecule has 44 heavy (non-hydrogen) atoms. The van der Waals surface area contributed by atoms with Crippen molar-refractivity contribution < 1.29 is 14.2 Å². The first-order chi connectivity index (χ1) is 21.5. The summed E-state index contributed by atoms with van der Waals surface area (Å²) in [4.78, 5) is 2.42. The lowest BCUT2D eigenvalue weighted by molar-refractivity contribution is 0.0146. The van der Waals surface area contributed by atoms with Gasteiger partial charge in [-0.1, -0.05) is 148 Å². The molecule has 0 bridgehead atoms. The van der Waals surface area contributed by atoms with Crippen LogP contribution < -0.4 is 10.4 Å². The van der Waals surface area contributed by atoms with Crippen molar-refractivity contribution in [2.45, 2.75) is 38.9 Å². The average Bonchev–Trinajstić information content (AvgIpc) is 3.04. The van der Waals surface area contributed by atoms with Crippen LogP contribution in [-0.2, 0) is 27.3 Å². The Balaban J connectivity index is 1.18. The highest BCUT2D eigenvalue weighted by Crippen LogP contribution is 2.35. The zero-order valence-electron chi connectivity index (χ0n) is 26.6. The van der Waals surface area contributed by atoms with Crippen LogP contribution in [0.4, 0.5) is 0 Å². The summed E-state index contributed by atoms with van der Waals surface area (Å²) in [6.45, 7) is 12.8. The highest BCUT2D eigenvalue weighted by molar-refractivity contribution is 7.10. The SMILES string of the molecule is CC(C)(C)[Si](C#CCOCCOCCOCCN(Cc1ccccc1)Cc1ccccc1)(c1ccccc1)c1ccccc1. The molecule has 0 N–H and O–H groups in total. The lowest BCUT2D eigenvalue weighted by atomic mass is 10.1. The Morgan fingerprint density at radius 1 is 0.545 bits per heavy atom. The Bertz CT molecular complexity index is 1320. The molecule has 4 rings (SSSR count). The first kappa shape index (κ1) is 33.4. The first-order valence-corrected chi connectivity index (χ1v) is 17.6. The molecule has 4 nitrogen and oxygen atoms in total. The van der Waals surface area contributed by atoms with Crippen molar-refractivity contribution in [3.8, 4) is 11.5 Å². The summed E-state index contributed by atoms with van der Waals surface area (Å²) in [7, 11) is -2.39. The zero-order valence-corrected chi connectivity index (χ0v) is 27.6. The standard InChI is InChI=1S/C39H47NO3Si/c1-39(2,3)44(37-21-12-6-13-22-37,38-23-14-7-15-24-38)32-16-26-41-28-30-43-31-29-42-27-25-40(33-35-17-8-4-9-18-35)34-36-19-10-5-11-20-36/h4-15,17-24H,25-31,33-34H2,1-3H3. The van der Waals surface area contributed by atoms with Crippen LogP contribution in [-0.4, -0.2) is 59.2 Å². The predicted molar refractivity (Wildman–Crippen MR) is 185 cm³/mol. The van der Waals surface area contributed by atoms with E-state index < -0.39 is 8.07 Å². The number of rotatable bonds is 16. The number of benzene rings is 4. The summed E-state index contributed by atoms with van der Waals surface area (Å²) in [5.74, 6) is 3.40. The number of nitrogens with zero attached hydrogens (tertiary/aromatic N) is 1. The largest absolute Gasteiger partial charge is 0.378 e. The average molecular weight is 606 g/mol. The van der Waals surface area contributed by atoms with Gasteiger partial charge in [0.05, 0.1) is 33.0 Å². The third kappa shape index (κ3) is 10.0. The van der Waals surface area contributed by atoms with Gasteiger partial charge >= 0.3 is 0 Å². The van der Waals surface area contributed by atoms with Crippen LogP contribution in [0.5, 0.6) is 0 Å². The van der Waals surface area contributed by atoms with E-state index in [1.165, 1.54) is 21.5 Å². The van der Waals surface area contributed by atoms with Crippen LogP contribution in [0.1, 0.15) is 31.9 Å². The monoisotopic (exact) mass is 605 g/mol. The van der Waals surface area contributed by atoms with Crippen molar-refractivity contribution >= 4 is 18.4 Å². The second-order valence-electron chi connectivity index (χ2n) is 12.0. The van der Waals surface area contributed by atoms with Gasteiger partial charge in [0.1, 0.15) is 6.61 Å². The fraction of sp³-hybridized carbons (Fsp3) is 0.333. The Kier molecular flexibility index (Phi) is 13.4. The fourth-order valence-electron chi connectivity index (χ4n) is 5.56.